The molecule has 3 heteroatoms. The fourth-order valence-corrected chi connectivity index (χ4v) is 2.08. The summed E-state index contributed by atoms with van der Waals surface area (Å²) in [6.45, 7) is 3.76. The third-order valence-electron chi connectivity index (χ3n) is 3.32. The highest BCUT2D eigenvalue weighted by molar-refractivity contribution is 5.27. The van der Waals surface area contributed by atoms with E-state index in [0.717, 1.165) is 12.1 Å². The van der Waals surface area contributed by atoms with Crippen molar-refractivity contribution in [2.45, 2.75) is 51.6 Å². The number of aliphatic hydroxyl groups excluding tert-OH is 1. The summed E-state index contributed by atoms with van der Waals surface area (Å²) in [5.41, 5.74) is 0.841. The predicted octanol–water partition coefficient (Wildman–Crippen LogP) is 3.38. The molecule has 3 N–H and O–H groups in total. The topological polar surface area (TPSA) is 52.5 Å². The highest BCUT2D eigenvalue weighted by Crippen LogP contribution is 2.16. The van der Waals surface area contributed by atoms with Gasteiger partial charge in [0.2, 0.25) is 0 Å². The van der Waals surface area contributed by atoms with E-state index in [1.807, 2.05) is 0 Å². The minimum atomic E-state index is -0.499. The zero-order chi connectivity index (χ0) is 13.9. The van der Waals surface area contributed by atoms with Crippen LogP contribution in [0.1, 0.15) is 57.1 Å². The van der Waals surface area contributed by atoms with Gasteiger partial charge in [-0.05, 0) is 30.7 Å². The molecule has 0 bridgehead atoms. The summed E-state index contributed by atoms with van der Waals surface area (Å²) >= 11 is 0. The highest BCUT2D eigenvalue weighted by atomic mass is 16.3. The lowest BCUT2D eigenvalue weighted by Gasteiger charge is -2.12. The molecule has 19 heavy (non-hydrogen) atoms. The first kappa shape index (κ1) is 16.0. The van der Waals surface area contributed by atoms with Crippen molar-refractivity contribution < 1.29 is 10.2 Å². The number of hydrogen-bond donors (Lipinski definition) is 3. The summed E-state index contributed by atoms with van der Waals surface area (Å²) in [4.78, 5) is 0. The van der Waals surface area contributed by atoms with Gasteiger partial charge in [-0.25, -0.2) is 0 Å². The number of rotatable bonds is 10. The van der Waals surface area contributed by atoms with Crippen LogP contribution in [0.2, 0.25) is 0 Å². The van der Waals surface area contributed by atoms with Crippen LogP contribution in [0.5, 0.6) is 5.75 Å². The highest BCUT2D eigenvalue weighted by Gasteiger charge is 2.06. The Labute approximate surface area is 116 Å². The number of benzene rings is 1. The molecule has 0 aliphatic heterocycles. The molecule has 0 saturated heterocycles. The van der Waals surface area contributed by atoms with Gasteiger partial charge in [0.25, 0.3) is 0 Å². The van der Waals surface area contributed by atoms with Crippen LogP contribution in [-0.2, 0) is 0 Å². The molecule has 1 aromatic rings. The third kappa shape index (κ3) is 7.19. The number of phenolic OH excluding ortho intramolecular Hbond substituents is 1. The average Bonchev–Trinajstić information content (AvgIpc) is 2.42. The zero-order valence-electron chi connectivity index (χ0n) is 11.9. The van der Waals surface area contributed by atoms with E-state index in [0.29, 0.717) is 6.54 Å². The lowest BCUT2D eigenvalue weighted by atomic mass is 10.1. The SMILES string of the molecule is CCCCCCCCNCC(O)c1ccc(O)cc1. The minimum Gasteiger partial charge on any atom is -0.508 e. The van der Waals surface area contributed by atoms with Gasteiger partial charge in [-0.2, -0.15) is 0 Å². The quantitative estimate of drug-likeness (QED) is 0.568. The summed E-state index contributed by atoms with van der Waals surface area (Å²) in [7, 11) is 0. The second-order valence-electron chi connectivity index (χ2n) is 5.08. The van der Waals surface area contributed by atoms with E-state index in [-0.39, 0.29) is 5.75 Å². The minimum absolute atomic E-state index is 0.232. The number of unbranched alkanes of at least 4 members (excludes halogenated alkanes) is 5. The van der Waals surface area contributed by atoms with Crippen LogP contribution in [0, 0.1) is 0 Å². The normalized spacial score (nSPS) is 12.5. The molecule has 1 unspecified atom stereocenters. The van der Waals surface area contributed by atoms with Crippen molar-refractivity contribution in [1.29, 1.82) is 0 Å². The van der Waals surface area contributed by atoms with Crippen LogP contribution in [0.4, 0.5) is 0 Å². The second-order valence-corrected chi connectivity index (χ2v) is 5.08. The predicted molar refractivity (Wildman–Crippen MR) is 79.3 cm³/mol. The smallest absolute Gasteiger partial charge is 0.115 e. The van der Waals surface area contributed by atoms with E-state index < -0.39 is 6.10 Å². The van der Waals surface area contributed by atoms with Crippen molar-refractivity contribution in [3.63, 3.8) is 0 Å². The molecule has 3 nitrogen and oxygen atoms in total. The summed E-state index contributed by atoms with van der Waals surface area (Å²) in [6.07, 6.45) is 7.22. The number of nitrogens with one attached hydrogen (secondary N) is 1. The average molecular weight is 265 g/mol. The Morgan fingerprint density at radius 1 is 1.00 bits per heavy atom. The molecule has 0 spiro atoms. The van der Waals surface area contributed by atoms with Crippen LogP contribution >= 0.6 is 0 Å². The first-order chi connectivity index (χ1) is 9.24. The molecule has 0 saturated carbocycles. The largest absolute Gasteiger partial charge is 0.508 e. The summed E-state index contributed by atoms with van der Waals surface area (Å²) < 4.78 is 0. The van der Waals surface area contributed by atoms with Gasteiger partial charge in [-0.15, -0.1) is 0 Å². The molecular weight excluding hydrogens is 238 g/mol. The lowest BCUT2D eigenvalue weighted by Crippen LogP contribution is -2.22. The fourth-order valence-electron chi connectivity index (χ4n) is 2.08. The van der Waals surface area contributed by atoms with Crippen LogP contribution in [0.3, 0.4) is 0 Å². The standard InChI is InChI=1S/C16H27NO2/c1-2-3-4-5-6-7-12-17-13-16(19)14-8-10-15(18)11-9-14/h8-11,16-19H,2-7,12-13H2,1H3. The summed E-state index contributed by atoms with van der Waals surface area (Å²) in [6, 6.07) is 6.72. The third-order valence-corrected chi connectivity index (χ3v) is 3.32. The second kappa shape index (κ2) is 9.82. The van der Waals surface area contributed by atoms with Crippen molar-refractivity contribution in [1.82, 2.24) is 5.32 Å². The van der Waals surface area contributed by atoms with E-state index in [2.05, 4.69) is 12.2 Å². The molecule has 1 aromatic carbocycles. The number of aliphatic hydroxyl groups is 1. The maximum absolute atomic E-state index is 9.94. The van der Waals surface area contributed by atoms with Gasteiger partial charge in [0.15, 0.2) is 0 Å². The molecule has 1 atom stereocenters. The Morgan fingerprint density at radius 3 is 2.32 bits per heavy atom. The molecule has 0 heterocycles. The van der Waals surface area contributed by atoms with Gasteiger partial charge in [0, 0.05) is 6.54 Å². The Balaban J connectivity index is 2.04. The van der Waals surface area contributed by atoms with Gasteiger partial charge < -0.3 is 15.5 Å². The van der Waals surface area contributed by atoms with Gasteiger partial charge >= 0.3 is 0 Å². The van der Waals surface area contributed by atoms with Crippen molar-refractivity contribution in [2.75, 3.05) is 13.1 Å². The van der Waals surface area contributed by atoms with Gasteiger partial charge in [-0.1, -0.05) is 51.2 Å². The van der Waals surface area contributed by atoms with Crippen molar-refractivity contribution in [3.8, 4) is 5.75 Å². The van der Waals surface area contributed by atoms with Crippen LogP contribution in [-0.4, -0.2) is 23.3 Å². The first-order valence-corrected chi connectivity index (χ1v) is 7.41. The van der Waals surface area contributed by atoms with E-state index in [1.54, 1.807) is 24.3 Å². The fraction of sp³-hybridized carbons (Fsp3) is 0.625. The number of phenols is 1. The monoisotopic (exact) mass is 265 g/mol. The van der Waals surface area contributed by atoms with E-state index in [4.69, 9.17) is 0 Å². The molecule has 108 valence electrons. The number of aromatic hydroxyl groups is 1. The van der Waals surface area contributed by atoms with Crippen molar-refractivity contribution in [3.05, 3.63) is 29.8 Å². The molecule has 0 aromatic heterocycles. The molecule has 0 fully saturated rings. The van der Waals surface area contributed by atoms with Gasteiger partial charge in [-0.3, -0.25) is 0 Å². The van der Waals surface area contributed by atoms with E-state index >= 15 is 0 Å². The van der Waals surface area contributed by atoms with Crippen molar-refractivity contribution in [2.24, 2.45) is 0 Å². The summed E-state index contributed by atoms with van der Waals surface area (Å²) in [5.74, 6) is 0.232. The molecular formula is C16H27NO2. The van der Waals surface area contributed by atoms with E-state index in [9.17, 15) is 10.2 Å². The maximum Gasteiger partial charge on any atom is 0.115 e. The number of hydrogen-bond acceptors (Lipinski definition) is 3. The zero-order valence-corrected chi connectivity index (χ0v) is 11.9. The van der Waals surface area contributed by atoms with Crippen LogP contribution in [0.25, 0.3) is 0 Å². The molecule has 0 amide bonds. The Hall–Kier alpha value is -1.06. The van der Waals surface area contributed by atoms with Crippen LogP contribution in [0.15, 0.2) is 24.3 Å². The van der Waals surface area contributed by atoms with Gasteiger partial charge in [0.05, 0.1) is 6.10 Å². The molecule has 0 aliphatic carbocycles. The Kier molecular flexibility index (Phi) is 8.26. The molecule has 1 rings (SSSR count). The lowest BCUT2D eigenvalue weighted by molar-refractivity contribution is 0.174. The van der Waals surface area contributed by atoms with Crippen molar-refractivity contribution >= 4 is 0 Å². The van der Waals surface area contributed by atoms with E-state index in [1.165, 1.54) is 38.5 Å². The molecule has 0 aliphatic rings. The molecule has 0 radical (unpaired) electrons. The summed E-state index contributed by atoms with van der Waals surface area (Å²) in [5, 5.41) is 22.4. The Morgan fingerprint density at radius 2 is 1.63 bits per heavy atom. The Bertz CT molecular complexity index is 324. The maximum atomic E-state index is 9.94. The van der Waals surface area contributed by atoms with Gasteiger partial charge in [0.1, 0.15) is 5.75 Å². The first-order valence-electron chi connectivity index (χ1n) is 7.41. The van der Waals surface area contributed by atoms with Crippen LogP contribution < -0.4 is 5.32 Å².